The van der Waals surface area contributed by atoms with Gasteiger partial charge in [0.15, 0.2) is 0 Å². The molecule has 0 aromatic carbocycles. The number of primary sulfonamides is 1. The second kappa shape index (κ2) is 3.61. The number of hydrogen-bond acceptors (Lipinski definition) is 2. The number of halogens is 2. The number of nitrogens with two attached hydrogens (primary N) is 1. The largest absolute Gasteiger partial charge is 0.228 e. The molecule has 0 bridgehead atoms. The summed E-state index contributed by atoms with van der Waals surface area (Å²) in [4.78, 5) is 0. The van der Waals surface area contributed by atoms with Crippen molar-refractivity contribution in [2.75, 3.05) is 11.8 Å². The van der Waals surface area contributed by atoms with Gasteiger partial charge in [-0.1, -0.05) is 0 Å². The fourth-order valence-corrected chi connectivity index (χ4v) is 1.95. The smallest absolute Gasteiger partial charge is 0.214 e. The highest BCUT2D eigenvalue weighted by molar-refractivity contribution is 7.89. The maximum Gasteiger partial charge on any atom is 0.214 e. The molecule has 9 heavy (non-hydrogen) atoms. The molecule has 6 heteroatoms. The standard InChI is InChI=1S/C3H7Cl2NO2S/c4-1-3(2-5)9(6,7)8/h3H,1-2H2,(H2,6,7,8). The Morgan fingerprint density at radius 3 is 1.67 bits per heavy atom. The van der Waals surface area contributed by atoms with E-state index in [2.05, 4.69) is 0 Å². The van der Waals surface area contributed by atoms with Crippen LogP contribution in [0.1, 0.15) is 0 Å². The van der Waals surface area contributed by atoms with Crippen LogP contribution in [0, 0.1) is 0 Å². The summed E-state index contributed by atoms with van der Waals surface area (Å²) < 4.78 is 20.8. The van der Waals surface area contributed by atoms with Crippen molar-refractivity contribution in [3.63, 3.8) is 0 Å². The molecule has 56 valence electrons. The van der Waals surface area contributed by atoms with Gasteiger partial charge in [0.05, 0.1) is 0 Å². The van der Waals surface area contributed by atoms with Gasteiger partial charge in [0, 0.05) is 11.8 Å². The van der Waals surface area contributed by atoms with Crippen LogP contribution >= 0.6 is 23.2 Å². The van der Waals surface area contributed by atoms with Gasteiger partial charge >= 0.3 is 0 Å². The third-order valence-electron chi connectivity index (χ3n) is 0.809. The first-order chi connectivity index (χ1) is 4.02. The second-order valence-electron chi connectivity index (χ2n) is 1.52. The van der Waals surface area contributed by atoms with E-state index in [1.54, 1.807) is 0 Å². The van der Waals surface area contributed by atoms with Gasteiger partial charge in [-0.05, 0) is 0 Å². The average molecular weight is 192 g/mol. The van der Waals surface area contributed by atoms with E-state index in [4.69, 9.17) is 28.3 Å². The Labute approximate surface area is 64.2 Å². The molecule has 0 saturated heterocycles. The Morgan fingerprint density at radius 1 is 1.33 bits per heavy atom. The number of sulfonamides is 1. The van der Waals surface area contributed by atoms with Gasteiger partial charge in [-0.3, -0.25) is 0 Å². The van der Waals surface area contributed by atoms with Crippen LogP contribution in [0.5, 0.6) is 0 Å². The van der Waals surface area contributed by atoms with E-state index in [0.29, 0.717) is 0 Å². The van der Waals surface area contributed by atoms with Crippen molar-refractivity contribution >= 4 is 33.2 Å². The highest BCUT2D eigenvalue weighted by atomic mass is 35.5. The van der Waals surface area contributed by atoms with Crippen LogP contribution in [0.3, 0.4) is 0 Å². The minimum Gasteiger partial charge on any atom is -0.228 e. The summed E-state index contributed by atoms with van der Waals surface area (Å²) in [5.74, 6) is -0.106. The molecular formula is C3H7Cl2NO2S. The molecule has 3 nitrogen and oxygen atoms in total. The molecule has 0 rings (SSSR count). The molecule has 0 aromatic rings. The molecule has 0 fully saturated rings. The molecule has 2 N–H and O–H groups in total. The third-order valence-corrected chi connectivity index (χ3v) is 3.18. The topological polar surface area (TPSA) is 60.2 Å². The zero-order valence-electron chi connectivity index (χ0n) is 4.55. The van der Waals surface area contributed by atoms with Crippen molar-refractivity contribution in [3.8, 4) is 0 Å². The van der Waals surface area contributed by atoms with E-state index in [0.717, 1.165) is 0 Å². The van der Waals surface area contributed by atoms with Crippen molar-refractivity contribution in [3.05, 3.63) is 0 Å². The Balaban J connectivity index is 4.14. The molecule has 0 heterocycles. The Hall–Kier alpha value is 0.490. The minimum absolute atomic E-state index is 0.0532. The second-order valence-corrected chi connectivity index (χ2v) is 3.98. The van der Waals surface area contributed by atoms with Crippen LogP contribution < -0.4 is 5.14 Å². The Morgan fingerprint density at radius 2 is 1.67 bits per heavy atom. The summed E-state index contributed by atoms with van der Waals surface area (Å²) in [6, 6.07) is 0. The molecule has 0 aliphatic rings. The van der Waals surface area contributed by atoms with E-state index in [1.807, 2.05) is 0 Å². The molecule has 0 aliphatic carbocycles. The van der Waals surface area contributed by atoms with Gasteiger partial charge in [0.1, 0.15) is 5.25 Å². The molecule has 0 unspecified atom stereocenters. The number of alkyl halides is 2. The fourth-order valence-electron chi connectivity index (χ4n) is 0.217. The first-order valence-corrected chi connectivity index (χ1v) is 4.83. The van der Waals surface area contributed by atoms with Crippen LogP contribution in [0.4, 0.5) is 0 Å². The molecule has 0 aromatic heterocycles. The summed E-state index contributed by atoms with van der Waals surface area (Å²) in [6.45, 7) is 0. The number of hydrogen-bond donors (Lipinski definition) is 1. The predicted octanol–water partition coefficient (Wildman–Crippen LogP) is 0.121. The fraction of sp³-hybridized carbons (Fsp3) is 1.00. The summed E-state index contributed by atoms with van der Waals surface area (Å²) in [6.07, 6.45) is 0. The van der Waals surface area contributed by atoms with Gasteiger partial charge in [-0.2, -0.15) is 0 Å². The van der Waals surface area contributed by atoms with E-state index >= 15 is 0 Å². The number of rotatable bonds is 3. The lowest BCUT2D eigenvalue weighted by atomic mass is 10.6. The first-order valence-electron chi connectivity index (χ1n) is 2.16. The normalized spacial score (nSPS) is 12.4. The van der Waals surface area contributed by atoms with Gasteiger partial charge in [-0.15, -0.1) is 23.2 Å². The maximum absolute atomic E-state index is 10.4. The summed E-state index contributed by atoms with van der Waals surface area (Å²) in [7, 11) is -3.53. The summed E-state index contributed by atoms with van der Waals surface area (Å²) in [5.41, 5.74) is 0. The average Bonchev–Trinajstić information content (AvgIpc) is 1.65. The van der Waals surface area contributed by atoms with Gasteiger partial charge in [-0.25, -0.2) is 13.6 Å². The lowest BCUT2D eigenvalue weighted by Crippen LogP contribution is -2.31. The molecule has 0 atom stereocenters. The quantitative estimate of drug-likeness (QED) is 0.645. The van der Waals surface area contributed by atoms with E-state index in [9.17, 15) is 8.42 Å². The summed E-state index contributed by atoms with van der Waals surface area (Å²) >= 11 is 10.4. The molecule has 0 saturated carbocycles. The van der Waals surface area contributed by atoms with Crippen molar-refractivity contribution in [1.82, 2.24) is 0 Å². The highest BCUT2D eigenvalue weighted by Crippen LogP contribution is 2.00. The van der Waals surface area contributed by atoms with Crippen LogP contribution in [0.15, 0.2) is 0 Å². The van der Waals surface area contributed by atoms with Gasteiger partial charge < -0.3 is 0 Å². The zero-order valence-corrected chi connectivity index (χ0v) is 6.88. The van der Waals surface area contributed by atoms with E-state index in [-0.39, 0.29) is 11.8 Å². The SMILES string of the molecule is NS(=O)(=O)C(CCl)CCl. The predicted molar refractivity (Wildman–Crippen MR) is 38.3 cm³/mol. The van der Waals surface area contributed by atoms with Crippen LogP contribution in [0.25, 0.3) is 0 Å². The van der Waals surface area contributed by atoms with Crippen LogP contribution in [-0.2, 0) is 10.0 Å². The maximum atomic E-state index is 10.4. The first kappa shape index (κ1) is 9.49. The van der Waals surface area contributed by atoms with Crippen molar-refractivity contribution in [2.24, 2.45) is 5.14 Å². The van der Waals surface area contributed by atoms with Crippen molar-refractivity contribution in [1.29, 1.82) is 0 Å². The van der Waals surface area contributed by atoms with Gasteiger partial charge in [0.2, 0.25) is 10.0 Å². The third kappa shape index (κ3) is 3.25. The summed E-state index contributed by atoms with van der Waals surface area (Å²) in [5, 5.41) is 3.89. The monoisotopic (exact) mass is 191 g/mol. The van der Waals surface area contributed by atoms with Gasteiger partial charge in [0.25, 0.3) is 0 Å². The Kier molecular flexibility index (Phi) is 3.80. The van der Waals surface area contributed by atoms with Crippen LogP contribution in [-0.4, -0.2) is 25.4 Å². The van der Waals surface area contributed by atoms with E-state index < -0.39 is 15.3 Å². The van der Waals surface area contributed by atoms with E-state index in [1.165, 1.54) is 0 Å². The minimum atomic E-state index is -3.53. The molecule has 0 spiro atoms. The zero-order chi connectivity index (χ0) is 7.49. The van der Waals surface area contributed by atoms with Crippen molar-refractivity contribution < 1.29 is 8.42 Å². The molecule has 0 radical (unpaired) electrons. The molecular weight excluding hydrogens is 185 g/mol. The van der Waals surface area contributed by atoms with Crippen LogP contribution in [0.2, 0.25) is 0 Å². The molecule has 0 amide bonds. The lowest BCUT2D eigenvalue weighted by molar-refractivity contribution is 0.590. The van der Waals surface area contributed by atoms with Crippen molar-refractivity contribution in [2.45, 2.75) is 5.25 Å². The molecule has 0 aliphatic heterocycles. The lowest BCUT2D eigenvalue weighted by Gasteiger charge is -2.04. The highest BCUT2D eigenvalue weighted by Gasteiger charge is 2.18. The Bertz CT molecular complexity index is 163.